The van der Waals surface area contributed by atoms with E-state index in [9.17, 15) is 0 Å². The van der Waals surface area contributed by atoms with Crippen LogP contribution in [-0.4, -0.2) is 0 Å². The number of hydrogen-bond acceptors (Lipinski definition) is 0. The molecule has 0 saturated carbocycles. The van der Waals surface area contributed by atoms with Crippen molar-refractivity contribution in [2.45, 2.75) is 0 Å². The first kappa shape index (κ1) is 41.1. The minimum absolute atomic E-state index is 0. The Morgan fingerprint density at radius 1 is 0.400 bits per heavy atom. The SMILES string of the molecule is [Mo].[Mo].[Ru].[Ru].[Ru]. The molecule has 0 aromatic carbocycles. The molecule has 0 aromatic rings. The Bertz CT molecular complexity index is 4.85. The first-order valence-corrected chi connectivity index (χ1v) is 0. The molecule has 0 saturated heterocycles. The molecule has 0 aromatic heterocycles. The molecule has 0 spiro atoms. The molecule has 0 rings (SSSR count). The Hall–Kier alpha value is 3.25. The number of rotatable bonds is 0. The summed E-state index contributed by atoms with van der Waals surface area (Å²) < 4.78 is 0. The van der Waals surface area contributed by atoms with Crippen molar-refractivity contribution >= 4 is 0 Å². The fourth-order valence-electron chi connectivity index (χ4n) is 0. The van der Waals surface area contributed by atoms with Gasteiger partial charge in [-0.05, 0) is 0 Å². The van der Waals surface area contributed by atoms with E-state index < -0.39 is 0 Å². The zero-order chi connectivity index (χ0) is 0. The predicted molar refractivity (Wildman–Crippen MR) is 0 cm³/mol. The summed E-state index contributed by atoms with van der Waals surface area (Å²) in [7, 11) is 0. The van der Waals surface area contributed by atoms with E-state index >= 15 is 0 Å². The minimum atomic E-state index is 0. The molecule has 0 bridgehead atoms. The second-order valence-corrected chi connectivity index (χ2v) is 0. The van der Waals surface area contributed by atoms with Crippen molar-refractivity contribution < 1.29 is 101 Å². The molecule has 0 N–H and O–H groups in total. The molecule has 36 valence electrons. The van der Waals surface area contributed by atoms with Crippen molar-refractivity contribution in [3.8, 4) is 0 Å². The van der Waals surface area contributed by atoms with E-state index in [1.807, 2.05) is 0 Å². The van der Waals surface area contributed by atoms with Gasteiger partial charge in [0.25, 0.3) is 0 Å². The van der Waals surface area contributed by atoms with Crippen LogP contribution in [0.5, 0.6) is 0 Å². The Morgan fingerprint density at radius 3 is 0.400 bits per heavy atom. The van der Waals surface area contributed by atoms with Gasteiger partial charge in [0.2, 0.25) is 0 Å². The summed E-state index contributed by atoms with van der Waals surface area (Å²) in [4.78, 5) is 0. The first-order valence-electron chi connectivity index (χ1n) is 0. The molecule has 0 atom stereocenters. The molecule has 0 amide bonds. The van der Waals surface area contributed by atoms with E-state index in [0.717, 1.165) is 0 Å². The molecule has 0 radical (unpaired) electrons. The average molecular weight is 495 g/mol. The normalized spacial score (nSPS) is 0. The third kappa shape index (κ3) is 18.9. The van der Waals surface area contributed by atoms with E-state index in [-0.39, 0.29) is 101 Å². The van der Waals surface area contributed by atoms with Crippen LogP contribution < -0.4 is 0 Å². The van der Waals surface area contributed by atoms with Crippen LogP contribution in [0.25, 0.3) is 0 Å². The van der Waals surface area contributed by atoms with Gasteiger partial charge in [0.15, 0.2) is 0 Å². The Labute approximate surface area is 98.8 Å². The van der Waals surface area contributed by atoms with E-state index in [1.54, 1.807) is 0 Å². The van der Waals surface area contributed by atoms with Gasteiger partial charge >= 0.3 is 0 Å². The minimum Gasteiger partial charge on any atom is 0 e. The molecule has 0 nitrogen and oxygen atoms in total. The molecule has 0 unspecified atom stereocenters. The first-order chi connectivity index (χ1) is 0. The fraction of sp³-hybridized carbons (Fsp3) is 0. The largest absolute Gasteiger partial charge is 0 e. The second-order valence-electron chi connectivity index (χ2n) is 0. The molecular formula is Mo2Ru3. The zero-order valence-electron chi connectivity index (χ0n) is 1.88. The number of hydrogen-bond donors (Lipinski definition) is 0. The van der Waals surface area contributed by atoms with E-state index in [0.29, 0.717) is 0 Å². The van der Waals surface area contributed by atoms with Crippen molar-refractivity contribution in [1.82, 2.24) is 0 Å². The van der Waals surface area contributed by atoms with Crippen LogP contribution in [0.2, 0.25) is 0 Å². The van der Waals surface area contributed by atoms with Crippen molar-refractivity contribution in [2.75, 3.05) is 0 Å². The Kier molecular flexibility index (Phi) is 220. The van der Waals surface area contributed by atoms with Crippen LogP contribution >= 0.6 is 0 Å². The maximum absolute atomic E-state index is 0. The zero-order valence-corrected chi connectivity index (χ0v) is 11.1. The van der Waals surface area contributed by atoms with Crippen molar-refractivity contribution in [3.05, 3.63) is 0 Å². The standard InChI is InChI=1S/2Mo.3Ru. The van der Waals surface area contributed by atoms with E-state index in [1.165, 1.54) is 0 Å². The van der Waals surface area contributed by atoms with Crippen LogP contribution in [0, 0.1) is 0 Å². The molecular weight excluding hydrogens is 495 g/mol. The maximum Gasteiger partial charge on any atom is 0 e. The smallest absolute Gasteiger partial charge is 0 e. The van der Waals surface area contributed by atoms with E-state index in [4.69, 9.17) is 0 Å². The molecule has 0 aliphatic heterocycles. The van der Waals surface area contributed by atoms with Crippen molar-refractivity contribution in [3.63, 3.8) is 0 Å². The van der Waals surface area contributed by atoms with Gasteiger partial charge in [-0.15, -0.1) is 0 Å². The third-order valence-corrected chi connectivity index (χ3v) is 0. The van der Waals surface area contributed by atoms with Crippen LogP contribution in [0.1, 0.15) is 0 Å². The Morgan fingerprint density at radius 2 is 0.400 bits per heavy atom. The predicted octanol–water partition coefficient (Wildman–Crippen LogP) is -0.0125. The average Bonchev–Trinajstić information content (AvgIpc) is 0. The second kappa shape index (κ2) is 26.8. The van der Waals surface area contributed by atoms with Gasteiger partial charge in [-0.25, -0.2) is 0 Å². The van der Waals surface area contributed by atoms with Gasteiger partial charge in [-0.3, -0.25) is 0 Å². The van der Waals surface area contributed by atoms with Crippen LogP contribution in [0.3, 0.4) is 0 Å². The quantitative estimate of drug-likeness (QED) is 0.416. The van der Waals surface area contributed by atoms with Crippen LogP contribution in [0.4, 0.5) is 0 Å². The van der Waals surface area contributed by atoms with Crippen molar-refractivity contribution in [1.29, 1.82) is 0 Å². The molecule has 5 heavy (non-hydrogen) atoms. The van der Waals surface area contributed by atoms with Gasteiger partial charge in [0, 0.05) is 101 Å². The summed E-state index contributed by atoms with van der Waals surface area (Å²) in [6.07, 6.45) is 0. The van der Waals surface area contributed by atoms with Gasteiger partial charge in [0.1, 0.15) is 0 Å². The van der Waals surface area contributed by atoms with Crippen molar-refractivity contribution in [2.24, 2.45) is 0 Å². The summed E-state index contributed by atoms with van der Waals surface area (Å²) in [5.41, 5.74) is 0. The van der Waals surface area contributed by atoms with Gasteiger partial charge < -0.3 is 0 Å². The van der Waals surface area contributed by atoms with Gasteiger partial charge in [-0.1, -0.05) is 0 Å². The Balaban J connectivity index is 0. The fourth-order valence-corrected chi connectivity index (χ4v) is 0. The molecule has 0 heterocycles. The topological polar surface area (TPSA) is 0 Å². The maximum atomic E-state index is 0. The van der Waals surface area contributed by atoms with E-state index in [2.05, 4.69) is 0 Å². The summed E-state index contributed by atoms with van der Waals surface area (Å²) in [6, 6.07) is 0. The molecule has 0 aliphatic carbocycles. The third-order valence-electron chi connectivity index (χ3n) is 0. The summed E-state index contributed by atoms with van der Waals surface area (Å²) in [5, 5.41) is 0. The van der Waals surface area contributed by atoms with Gasteiger partial charge in [-0.2, -0.15) is 0 Å². The molecule has 0 fully saturated rings. The molecule has 5 heteroatoms. The monoisotopic (exact) mass is 502 g/mol. The summed E-state index contributed by atoms with van der Waals surface area (Å²) in [5.74, 6) is 0. The summed E-state index contributed by atoms with van der Waals surface area (Å²) >= 11 is 0. The molecule has 0 aliphatic rings. The van der Waals surface area contributed by atoms with Crippen LogP contribution in [0.15, 0.2) is 0 Å². The van der Waals surface area contributed by atoms with Crippen LogP contribution in [-0.2, 0) is 101 Å². The summed E-state index contributed by atoms with van der Waals surface area (Å²) in [6.45, 7) is 0. The van der Waals surface area contributed by atoms with Gasteiger partial charge in [0.05, 0.1) is 0 Å².